The molecule has 2 atom stereocenters. The molecule has 1 aromatic rings. The van der Waals surface area contributed by atoms with Crippen LogP contribution in [0.4, 0.5) is 0 Å². The summed E-state index contributed by atoms with van der Waals surface area (Å²) in [5, 5.41) is 9.49. The Kier molecular flexibility index (Phi) is 4.35. The van der Waals surface area contributed by atoms with Crippen LogP contribution in [0.25, 0.3) is 0 Å². The molecule has 1 aliphatic rings. The van der Waals surface area contributed by atoms with Crippen LogP contribution >= 0.6 is 34.2 Å². The number of likely N-dealkylation sites (tertiary alicyclic amines) is 1. The van der Waals surface area contributed by atoms with Crippen LogP contribution in [0.15, 0.2) is 18.2 Å². The second-order valence-electron chi connectivity index (χ2n) is 4.76. The fourth-order valence-electron chi connectivity index (χ4n) is 2.29. The van der Waals surface area contributed by atoms with Crippen molar-refractivity contribution < 1.29 is 14.7 Å². The minimum absolute atomic E-state index is 0.0379. The van der Waals surface area contributed by atoms with Gasteiger partial charge in [-0.15, -0.1) is 0 Å². The van der Waals surface area contributed by atoms with E-state index < -0.39 is 11.9 Å². The molecule has 1 amide bonds. The van der Waals surface area contributed by atoms with E-state index in [0.29, 0.717) is 17.1 Å². The smallest absolute Gasteiger partial charge is 0.308 e. The van der Waals surface area contributed by atoms with E-state index in [2.05, 4.69) is 22.6 Å². The lowest BCUT2D eigenvalue weighted by Gasteiger charge is -2.16. The molecule has 0 radical (unpaired) electrons. The van der Waals surface area contributed by atoms with Crippen molar-refractivity contribution in [1.82, 2.24) is 4.90 Å². The summed E-state index contributed by atoms with van der Waals surface area (Å²) in [7, 11) is 0. The predicted octanol–water partition coefficient (Wildman–Crippen LogP) is 2.74. The summed E-state index contributed by atoms with van der Waals surface area (Å²) in [6, 6.07) is 5.22. The number of amides is 1. The van der Waals surface area contributed by atoms with Crippen molar-refractivity contribution in [2.45, 2.75) is 6.92 Å². The van der Waals surface area contributed by atoms with Gasteiger partial charge in [0.1, 0.15) is 0 Å². The number of rotatable bonds is 2. The zero-order chi connectivity index (χ0) is 14.2. The van der Waals surface area contributed by atoms with Gasteiger partial charge in [-0.3, -0.25) is 9.59 Å². The number of nitrogens with zero attached hydrogens (tertiary/aromatic N) is 1. The van der Waals surface area contributed by atoms with Gasteiger partial charge >= 0.3 is 5.97 Å². The molecule has 1 N–H and O–H groups in total. The molecule has 1 fully saturated rings. The number of carboxylic acid groups (broad SMARTS) is 1. The Hall–Kier alpha value is -0.820. The van der Waals surface area contributed by atoms with Crippen LogP contribution in [0, 0.1) is 15.4 Å². The third kappa shape index (κ3) is 3.02. The molecule has 4 nitrogen and oxygen atoms in total. The lowest BCUT2D eigenvalue weighted by Crippen LogP contribution is -2.30. The summed E-state index contributed by atoms with van der Waals surface area (Å²) in [4.78, 5) is 25.0. The Morgan fingerprint density at radius 3 is 2.63 bits per heavy atom. The maximum atomic E-state index is 12.3. The number of carbonyl (C=O) groups excluding carboxylic acids is 1. The molecule has 1 aliphatic heterocycles. The fourth-order valence-corrected chi connectivity index (χ4v) is 3.22. The van der Waals surface area contributed by atoms with Gasteiger partial charge in [-0.25, -0.2) is 0 Å². The minimum atomic E-state index is -0.850. The Bertz CT molecular complexity index is 535. The van der Waals surface area contributed by atoms with E-state index in [0.717, 1.165) is 3.57 Å². The molecule has 0 unspecified atom stereocenters. The predicted molar refractivity (Wildman–Crippen MR) is 80.4 cm³/mol. The van der Waals surface area contributed by atoms with Crippen LogP contribution < -0.4 is 0 Å². The summed E-state index contributed by atoms with van der Waals surface area (Å²) in [5.74, 6) is -1.58. The van der Waals surface area contributed by atoms with Gasteiger partial charge < -0.3 is 10.0 Å². The molecular weight excluding hydrogens is 381 g/mol. The highest BCUT2D eigenvalue weighted by atomic mass is 127. The Balaban J connectivity index is 2.19. The van der Waals surface area contributed by atoms with Crippen LogP contribution in [0.3, 0.4) is 0 Å². The van der Waals surface area contributed by atoms with Gasteiger partial charge in [0.2, 0.25) is 0 Å². The summed E-state index contributed by atoms with van der Waals surface area (Å²) in [6.45, 7) is 2.55. The SMILES string of the molecule is C[C@@H]1CN(C(=O)c2ccc(I)cc2Cl)C[C@H]1C(=O)O. The normalized spacial score (nSPS) is 22.6. The molecule has 0 bridgehead atoms. The lowest BCUT2D eigenvalue weighted by molar-refractivity contribution is -0.142. The number of carboxylic acids is 1. The standard InChI is InChI=1S/C13H13ClINO3/c1-7-5-16(6-10(7)13(18)19)12(17)9-3-2-8(15)4-11(9)14/h2-4,7,10H,5-6H2,1H3,(H,18,19)/t7-,10-/m1/s1. The molecule has 1 heterocycles. The van der Waals surface area contributed by atoms with Gasteiger partial charge in [-0.2, -0.15) is 0 Å². The molecular formula is C13H13ClINO3. The average Bonchev–Trinajstić information content (AvgIpc) is 2.70. The third-order valence-electron chi connectivity index (χ3n) is 3.38. The highest BCUT2D eigenvalue weighted by Crippen LogP contribution is 2.27. The first-order chi connectivity index (χ1) is 8.90. The largest absolute Gasteiger partial charge is 0.481 e. The number of benzene rings is 1. The van der Waals surface area contributed by atoms with Crippen molar-refractivity contribution in [2.75, 3.05) is 13.1 Å². The summed E-state index contributed by atoms with van der Waals surface area (Å²) >= 11 is 8.19. The average molecular weight is 394 g/mol. The maximum absolute atomic E-state index is 12.3. The van der Waals surface area contributed by atoms with Crippen LogP contribution in [0.2, 0.25) is 5.02 Å². The molecule has 0 spiro atoms. The maximum Gasteiger partial charge on any atom is 0.308 e. The number of hydrogen-bond acceptors (Lipinski definition) is 2. The fraction of sp³-hybridized carbons (Fsp3) is 0.385. The zero-order valence-electron chi connectivity index (χ0n) is 10.3. The highest BCUT2D eigenvalue weighted by molar-refractivity contribution is 14.1. The van der Waals surface area contributed by atoms with Gasteiger partial charge in [0.25, 0.3) is 5.91 Å². The first-order valence-corrected chi connectivity index (χ1v) is 7.33. The third-order valence-corrected chi connectivity index (χ3v) is 4.36. The second kappa shape index (κ2) is 5.66. The van der Waals surface area contributed by atoms with Gasteiger partial charge in [0, 0.05) is 16.7 Å². The topological polar surface area (TPSA) is 57.6 Å². The molecule has 1 saturated heterocycles. The Morgan fingerprint density at radius 1 is 1.42 bits per heavy atom. The second-order valence-corrected chi connectivity index (χ2v) is 6.41. The molecule has 2 rings (SSSR count). The van der Waals surface area contributed by atoms with E-state index in [9.17, 15) is 9.59 Å². The molecule has 6 heteroatoms. The van der Waals surface area contributed by atoms with Crippen LogP contribution in [0.1, 0.15) is 17.3 Å². The first-order valence-electron chi connectivity index (χ1n) is 5.87. The first kappa shape index (κ1) is 14.6. The highest BCUT2D eigenvalue weighted by Gasteiger charge is 2.37. The summed E-state index contributed by atoms with van der Waals surface area (Å²) in [5.41, 5.74) is 0.431. The Morgan fingerprint density at radius 2 is 2.11 bits per heavy atom. The molecule has 102 valence electrons. The van der Waals surface area contributed by atoms with E-state index in [-0.39, 0.29) is 18.4 Å². The van der Waals surface area contributed by atoms with Crippen LogP contribution in [-0.4, -0.2) is 35.0 Å². The molecule has 19 heavy (non-hydrogen) atoms. The van der Waals surface area contributed by atoms with Crippen molar-refractivity contribution in [3.8, 4) is 0 Å². The van der Waals surface area contributed by atoms with E-state index in [4.69, 9.17) is 16.7 Å². The molecule has 0 aromatic heterocycles. The van der Waals surface area contributed by atoms with Crippen molar-refractivity contribution in [2.24, 2.45) is 11.8 Å². The zero-order valence-corrected chi connectivity index (χ0v) is 13.2. The Labute approximate surface area is 129 Å². The van der Waals surface area contributed by atoms with Gasteiger partial charge in [-0.05, 0) is 46.7 Å². The quantitative estimate of drug-likeness (QED) is 0.786. The number of halogens is 2. The monoisotopic (exact) mass is 393 g/mol. The van der Waals surface area contributed by atoms with Gasteiger partial charge in [0.15, 0.2) is 0 Å². The minimum Gasteiger partial charge on any atom is -0.481 e. The van der Waals surface area contributed by atoms with Crippen molar-refractivity contribution in [3.63, 3.8) is 0 Å². The van der Waals surface area contributed by atoms with E-state index in [1.807, 2.05) is 13.0 Å². The molecule has 1 aromatic carbocycles. The van der Waals surface area contributed by atoms with Gasteiger partial charge in [-0.1, -0.05) is 18.5 Å². The van der Waals surface area contributed by atoms with E-state index in [1.165, 1.54) is 0 Å². The van der Waals surface area contributed by atoms with E-state index >= 15 is 0 Å². The van der Waals surface area contributed by atoms with Crippen molar-refractivity contribution in [3.05, 3.63) is 32.4 Å². The van der Waals surface area contributed by atoms with E-state index in [1.54, 1.807) is 17.0 Å². The van der Waals surface area contributed by atoms with Crippen LogP contribution in [0.5, 0.6) is 0 Å². The molecule has 0 saturated carbocycles. The number of aliphatic carboxylic acids is 1. The summed E-state index contributed by atoms with van der Waals surface area (Å²) in [6.07, 6.45) is 0. The van der Waals surface area contributed by atoms with Crippen molar-refractivity contribution in [1.29, 1.82) is 0 Å². The summed E-state index contributed by atoms with van der Waals surface area (Å²) < 4.78 is 0.956. The van der Waals surface area contributed by atoms with Crippen molar-refractivity contribution >= 4 is 46.1 Å². The van der Waals surface area contributed by atoms with Crippen LogP contribution in [-0.2, 0) is 4.79 Å². The van der Waals surface area contributed by atoms with Gasteiger partial charge in [0.05, 0.1) is 16.5 Å². The number of carbonyl (C=O) groups is 2. The number of hydrogen-bond donors (Lipinski definition) is 1. The lowest BCUT2D eigenvalue weighted by atomic mass is 9.99. The molecule has 0 aliphatic carbocycles.